The summed E-state index contributed by atoms with van der Waals surface area (Å²) in [4.78, 5) is 24.7. The quantitative estimate of drug-likeness (QED) is 0.306. The molecule has 0 spiro atoms. The van der Waals surface area contributed by atoms with Crippen molar-refractivity contribution in [2.75, 3.05) is 5.32 Å². The number of aryl methyl sites for hydroxylation is 2. The van der Waals surface area contributed by atoms with Gasteiger partial charge in [0, 0.05) is 25.7 Å². The van der Waals surface area contributed by atoms with Crippen LogP contribution in [0.25, 0.3) is 0 Å². The van der Waals surface area contributed by atoms with Gasteiger partial charge in [-0.05, 0) is 40.5 Å². The van der Waals surface area contributed by atoms with Crippen molar-refractivity contribution < 1.29 is 9.59 Å². The topological polar surface area (TPSA) is 97.7 Å². The summed E-state index contributed by atoms with van der Waals surface area (Å²) in [6, 6.07) is 0. The lowest BCUT2D eigenvalue weighted by molar-refractivity contribution is -0.115. The SMILES string of the molecule is C/C=C(\C)CC(=O)Bc1nnc(CCCCc2nnc(NC(=O)C/C(C)=C/C)s2)s1. The second kappa shape index (κ2) is 12.5. The number of hydrogen-bond donors (Lipinski definition) is 1. The largest absolute Gasteiger partial charge is 0.311 e. The normalized spacial score (nSPS) is 12.1. The monoisotopic (exact) mass is 445 g/mol. The van der Waals surface area contributed by atoms with E-state index >= 15 is 0 Å². The molecule has 0 saturated carbocycles. The molecule has 10 heteroatoms. The summed E-state index contributed by atoms with van der Waals surface area (Å²) in [5, 5.41) is 21.8. The van der Waals surface area contributed by atoms with Gasteiger partial charge in [-0.25, -0.2) is 0 Å². The molecule has 2 aromatic rings. The molecule has 2 heterocycles. The maximum atomic E-state index is 12.0. The van der Waals surface area contributed by atoms with Crippen molar-refractivity contribution in [2.24, 2.45) is 0 Å². The van der Waals surface area contributed by atoms with Gasteiger partial charge in [0.05, 0.1) is 4.91 Å². The molecule has 7 nitrogen and oxygen atoms in total. The van der Waals surface area contributed by atoms with Crippen LogP contribution in [-0.2, 0) is 22.4 Å². The van der Waals surface area contributed by atoms with Gasteiger partial charge in [-0.1, -0.05) is 34.6 Å². The molecule has 0 atom stereocenters. The number of hydrogen-bond acceptors (Lipinski definition) is 8. The highest BCUT2D eigenvalue weighted by Crippen LogP contribution is 2.18. The number of nitrogens with one attached hydrogen (secondary N) is 1. The third kappa shape index (κ3) is 8.67. The summed E-state index contributed by atoms with van der Waals surface area (Å²) < 4.78 is 0. The van der Waals surface area contributed by atoms with E-state index < -0.39 is 0 Å². The predicted octanol–water partition coefficient (Wildman–Crippen LogP) is 3.19. The van der Waals surface area contributed by atoms with Crippen molar-refractivity contribution in [3.8, 4) is 0 Å². The maximum Gasteiger partial charge on any atom is 0.279 e. The molecule has 0 aliphatic rings. The summed E-state index contributed by atoms with van der Waals surface area (Å²) in [6.45, 7) is 7.74. The van der Waals surface area contributed by atoms with Gasteiger partial charge in [0.1, 0.15) is 15.7 Å². The second-order valence-corrected chi connectivity index (χ2v) is 9.39. The second-order valence-electron chi connectivity index (χ2n) is 7.18. The number of rotatable bonds is 12. The Labute approximate surface area is 186 Å². The van der Waals surface area contributed by atoms with E-state index in [2.05, 4.69) is 25.7 Å². The van der Waals surface area contributed by atoms with E-state index in [1.165, 1.54) is 22.7 Å². The van der Waals surface area contributed by atoms with E-state index in [4.69, 9.17) is 0 Å². The van der Waals surface area contributed by atoms with Crippen LogP contribution in [0, 0.1) is 0 Å². The molecular weight excluding hydrogens is 417 g/mol. The molecule has 2 aromatic heterocycles. The van der Waals surface area contributed by atoms with Gasteiger partial charge in [0.15, 0.2) is 0 Å². The highest BCUT2D eigenvalue weighted by molar-refractivity contribution is 7.23. The molecule has 0 aliphatic carbocycles. The van der Waals surface area contributed by atoms with Crippen LogP contribution >= 0.6 is 22.7 Å². The minimum absolute atomic E-state index is 0.0697. The Hall–Kier alpha value is -2.20. The van der Waals surface area contributed by atoms with E-state index in [0.29, 0.717) is 25.3 Å². The van der Waals surface area contributed by atoms with Crippen LogP contribution in [-0.4, -0.2) is 39.3 Å². The van der Waals surface area contributed by atoms with Gasteiger partial charge in [-0.3, -0.25) is 4.79 Å². The van der Waals surface area contributed by atoms with Gasteiger partial charge in [-0.15, -0.1) is 26.6 Å². The van der Waals surface area contributed by atoms with Crippen LogP contribution in [0.1, 0.15) is 63.4 Å². The minimum Gasteiger partial charge on any atom is -0.311 e. The Kier molecular flexibility index (Phi) is 10.0. The number of anilines is 1. The molecule has 1 amide bonds. The smallest absolute Gasteiger partial charge is 0.279 e. The molecule has 0 aromatic carbocycles. The van der Waals surface area contributed by atoms with E-state index in [9.17, 15) is 9.59 Å². The third-order valence-electron chi connectivity index (χ3n) is 4.50. The first-order valence-electron chi connectivity index (χ1n) is 10.1. The highest BCUT2D eigenvalue weighted by Gasteiger charge is 2.13. The number of carbonyl (C=O) groups is 2. The summed E-state index contributed by atoms with van der Waals surface area (Å²) in [6.07, 6.45) is 8.30. The summed E-state index contributed by atoms with van der Waals surface area (Å²) in [7, 11) is 0.357. The van der Waals surface area contributed by atoms with Gasteiger partial charge in [-0.2, -0.15) is 5.10 Å². The van der Waals surface area contributed by atoms with Crippen LogP contribution in [0.5, 0.6) is 0 Å². The summed E-state index contributed by atoms with van der Waals surface area (Å²) in [5.74, 6) is -0.0697. The fourth-order valence-corrected chi connectivity index (χ4v) is 4.29. The predicted molar refractivity (Wildman–Crippen MR) is 125 cm³/mol. The highest BCUT2D eigenvalue weighted by atomic mass is 32.1. The average Bonchev–Trinajstić information content (AvgIpc) is 3.34. The van der Waals surface area contributed by atoms with Gasteiger partial charge in [0.2, 0.25) is 11.0 Å². The van der Waals surface area contributed by atoms with Gasteiger partial charge >= 0.3 is 0 Å². The Morgan fingerprint density at radius 1 is 0.900 bits per heavy atom. The summed E-state index contributed by atoms with van der Waals surface area (Å²) in [5.41, 5.74) is 2.28. The van der Waals surface area contributed by atoms with E-state index in [0.717, 1.165) is 51.8 Å². The first kappa shape index (κ1) is 24.1. The van der Waals surface area contributed by atoms with Gasteiger partial charge in [0.25, 0.3) is 7.28 Å². The fraction of sp³-hybridized carbons (Fsp3) is 0.500. The fourth-order valence-electron chi connectivity index (χ4n) is 2.58. The van der Waals surface area contributed by atoms with Crippen molar-refractivity contribution in [3.05, 3.63) is 33.3 Å². The molecule has 30 heavy (non-hydrogen) atoms. The van der Waals surface area contributed by atoms with Crippen molar-refractivity contribution in [1.82, 2.24) is 20.4 Å². The van der Waals surface area contributed by atoms with Crippen molar-refractivity contribution >= 4 is 51.6 Å². The lowest BCUT2D eigenvalue weighted by Crippen LogP contribution is -2.23. The Morgan fingerprint density at radius 3 is 2.17 bits per heavy atom. The standard InChI is InChI=1S/C20H28BN5O2S2/c1-5-13(3)11-15(27)21-19-25-23-17(29-19)9-7-8-10-18-24-26-20(30-18)22-16(28)12-14(4)6-2/h5-6,21H,7-12H2,1-4H3,(H,22,26,28)/b13-5+,14-6+. The number of allylic oxidation sites excluding steroid dienone is 3. The molecule has 0 unspecified atom stereocenters. The zero-order valence-corrected chi connectivity index (χ0v) is 19.7. The van der Waals surface area contributed by atoms with Crippen molar-refractivity contribution in [3.63, 3.8) is 0 Å². The molecular formula is C20H28BN5O2S2. The number of aromatic nitrogens is 4. The van der Waals surface area contributed by atoms with Crippen molar-refractivity contribution in [2.45, 2.75) is 66.2 Å². The van der Waals surface area contributed by atoms with E-state index in [1.807, 2.05) is 39.8 Å². The lowest BCUT2D eigenvalue weighted by atomic mass is 9.72. The minimum atomic E-state index is -0.0697. The van der Waals surface area contributed by atoms with Crippen LogP contribution in [0.4, 0.5) is 5.13 Å². The molecule has 0 saturated heterocycles. The molecule has 0 bridgehead atoms. The average molecular weight is 445 g/mol. The zero-order valence-electron chi connectivity index (χ0n) is 18.0. The van der Waals surface area contributed by atoms with Crippen molar-refractivity contribution in [1.29, 1.82) is 0 Å². The van der Waals surface area contributed by atoms with Crippen LogP contribution in [0.3, 0.4) is 0 Å². The Morgan fingerprint density at radius 2 is 1.50 bits per heavy atom. The number of unbranched alkanes of at least 4 members (excludes halogenated alkanes) is 1. The lowest BCUT2D eigenvalue weighted by Gasteiger charge is -2.00. The van der Waals surface area contributed by atoms with E-state index in [-0.39, 0.29) is 11.6 Å². The van der Waals surface area contributed by atoms with Crippen LogP contribution in [0.2, 0.25) is 0 Å². The molecule has 1 N–H and O–H groups in total. The van der Waals surface area contributed by atoms with E-state index in [1.54, 1.807) is 0 Å². The Bertz CT molecular complexity index is 846. The molecule has 0 radical (unpaired) electrons. The molecule has 160 valence electrons. The number of carbonyl (C=O) groups excluding carboxylic acids is 2. The number of amides is 1. The summed E-state index contributed by atoms with van der Waals surface area (Å²) >= 11 is 2.94. The molecule has 0 aliphatic heterocycles. The first-order chi connectivity index (χ1) is 14.4. The maximum absolute atomic E-state index is 12.0. The van der Waals surface area contributed by atoms with Crippen LogP contribution in [0.15, 0.2) is 23.3 Å². The molecule has 0 fully saturated rings. The molecule has 2 rings (SSSR count). The zero-order chi connectivity index (χ0) is 21.9. The third-order valence-corrected chi connectivity index (χ3v) is 6.38. The van der Waals surface area contributed by atoms with Gasteiger partial charge < -0.3 is 10.1 Å². The first-order valence-corrected chi connectivity index (χ1v) is 11.7. The van der Waals surface area contributed by atoms with Crippen LogP contribution < -0.4 is 10.2 Å². The Balaban J connectivity index is 1.69. The number of nitrogens with zero attached hydrogens (tertiary/aromatic N) is 4.